The Balaban J connectivity index is 1.90. The number of carbonyl (C=O) groups excluding carboxylic acids is 1. The molecule has 1 aromatic heterocycles. The quantitative estimate of drug-likeness (QED) is 0.874. The number of aryl methyl sites for hydroxylation is 2. The van der Waals surface area contributed by atoms with Gasteiger partial charge in [-0.3, -0.25) is 4.79 Å². The lowest BCUT2D eigenvalue weighted by Gasteiger charge is -2.09. The maximum absolute atomic E-state index is 11.8. The van der Waals surface area contributed by atoms with E-state index in [0.29, 0.717) is 12.8 Å². The Kier molecular flexibility index (Phi) is 4.18. The van der Waals surface area contributed by atoms with Crippen LogP contribution >= 0.6 is 0 Å². The summed E-state index contributed by atoms with van der Waals surface area (Å²) >= 11 is 0. The van der Waals surface area contributed by atoms with Crippen molar-refractivity contribution >= 4 is 11.6 Å². The first-order valence-electron chi connectivity index (χ1n) is 6.19. The Labute approximate surface area is 107 Å². The van der Waals surface area contributed by atoms with Crippen LogP contribution in [-0.2, 0) is 17.6 Å². The van der Waals surface area contributed by atoms with E-state index < -0.39 is 0 Å². The highest BCUT2D eigenvalue weighted by Gasteiger charge is 2.06. The molecule has 1 N–H and O–H groups in total. The summed E-state index contributed by atoms with van der Waals surface area (Å²) in [5.41, 5.74) is 2.06. The van der Waals surface area contributed by atoms with Crippen molar-refractivity contribution in [2.45, 2.75) is 26.2 Å². The summed E-state index contributed by atoms with van der Waals surface area (Å²) in [6.07, 6.45) is 3.60. The lowest BCUT2D eigenvalue weighted by atomic mass is 10.1. The van der Waals surface area contributed by atoms with Crippen molar-refractivity contribution in [3.8, 4) is 0 Å². The maximum Gasteiger partial charge on any atom is 0.224 e. The number of nitrogens with one attached hydrogen (secondary N) is 1. The van der Waals surface area contributed by atoms with Crippen LogP contribution < -0.4 is 5.32 Å². The van der Waals surface area contributed by atoms with Crippen LogP contribution in [0.4, 0.5) is 5.69 Å². The number of rotatable bonds is 5. The highest BCUT2D eigenvalue weighted by molar-refractivity contribution is 5.91. The van der Waals surface area contributed by atoms with Gasteiger partial charge in [0.1, 0.15) is 5.76 Å². The van der Waals surface area contributed by atoms with Crippen molar-refractivity contribution in [3.05, 3.63) is 54.0 Å². The summed E-state index contributed by atoms with van der Waals surface area (Å²) in [6, 6.07) is 11.6. The van der Waals surface area contributed by atoms with E-state index in [1.165, 1.54) is 0 Å². The molecule has 0 unspecified atom stereocenters. The van der Waals surface area contributed by atoms with Gasteiger partial charge in [-0.15, -0.1) is 0 Å². The SMILES string of the molecule is CCc1ccccc1NC(=O)CCc1ccco1. The second-order valence-corrected chi connectivity index (χ2v) is 4.14. The number of hydrogen-bond donors (Lipinski definition) is 1. The number of amides is 1. The molecule has 0 aliphatic carbocycles. The van der Waals surface area contributed by atoms with Crippen molar-refractivity contribution in [2.75, 3.05) is 5.32 Å². The lowest BCUT2D eigenvalue weighted by molar-refractivity contribution is -0.116. The first-order valence-corrected chi connectivity index (χ1v) is 6.19. The van der Waals surface area contributed by atoms with E-state index >= 15 is 0 Å². The van der Waals surface area contributed by atoms with Gasteiger partial charge in [0.2, 0.25) is 5.91 Å². The maximum atomic E-state index is 11.8. The van der Waals surface area contributed by atoms with Crippen molar-refractivity contribution in [1.29, 1.82) is 0 Å². The average Bonchev–Trinajstić information content (AvgIpc) is 2.90. The van der Waals surface area contributed by atoms with Crippen molar-refractivity contribution in [1.82, 2.24) is 0 Å². The van der Waals surface area contributed by atoms with Crippen LogP contribution in [0.25, 0.3) is 0 Å². The van der Waals surface area contributed by atoms with Gasteiger partial charge in [0.05, 0.1) is 6.26 Å². The fraction of sp³-hybridized carbons (Fsp3) is 0.267. The fourth-order valence-corrected chi connectivity index (χ4v) is 1.85. The molecule has 0 saturated heterocycles. The molecule has 3 nitrogen and oxygen atoms in total. The number of anilines is 1. The van der Waals surface area contributed by atoms with Crippen LogP contribution in [0.2, 0.25) is 0 Å². The molecule has 1 amide bonds. The molecule has 0 saturated carbocycles. The lowest BCUT2D eigenvalue weighted by Crippen LogP contribution is -2.13. The van der Waals surface area contributed by atoms with Gasteiger partial charge < -0.3 is 9.73 Å². The molecule has 1 aromatic carbocycles. The molecule has 2 aromatic rings. The minimum Gasteiger partial charge on any atom is -0.469 e. The molecule has 1 heterocycles. The number of carbonyl (C=O) groups is 1. The molecule has 18 heavy (non-hydrogen) atoms. The van der Waals surface area contributed by atoms with Gasteiger partial charge in [0.15, 0.2) is 0 Å². The van der Waals surface area contributed by atoms with Crippen LogP contribution in [0.15, 0.2) is 47.1 Å². The Morgan fingerprint density at radius 2 is 2.06 bits per heavy atom. The second kappa shape index (κ2) is 6.05. The third kappa shape index (κ3) is 3.23. The zero-order valence-corrected chi connectivity index (χ0v) is 10.5. The topological polar surface area (TPSA) is 42.2 Å². The smallest absolute Gasteiger partial charge is 0.224 e. The predicted molar refractivity (Wildman–Crippen MR) is 71.5 cm³/mol. The van der Waals surface area contributed by atoms with E-state index in [0.717, 1.165) is 23.4 Å². The van der Waals surface area contributed by atoms with Gasteiger partial charge in [-0.2, -0.15) is 0 Å². The molecule has 0 bridgehead atoms. The number of hydrogen-bond acceptors (Lipinski definition) is 2. The number of para-hydroxylation sites is 1. The molecule has 0 aliphatic rings. The van der Waals surface area contributed by atoms with Crippen LogP contribution in [0.1, 0.15) is 24.7 Å². The normalized spacial score (nSPS) is 10.3. The predicted octanol–water partition coefficient (Wildman–Crippen LogP) is 3.41. The zero-order chi connectivity index (χ0) is 12.8. The van der Waals surface area contributed by atoms with E-state index in [9.17, 15) is 4.79 Å². The van der Waals surface area contributed by atoms with Crippen LogP contribution in [-0.4, -0.2) is 5.91 Å². The third-order valence-electron chi connectivity index (χ3n) is 2.85. The molecule has 0 spiro atoms. The minimum absolute atomic E-state index is 0.0206. The highest BCUT2D eigenvalue weighted by Crippen LogP contribution is 2.16. The monoisotopic (exact) mass is 243 g/mol. The largest absolute Gasteiger partial charge is 0.469 e. The molecule has 0 atom stereocenters. The van der Waals surface area contributed by atoms with Gasteiger partial charge >= 0.3 is 0 Å². The van der Waals surface area contributed by atoms with Gasteiger partial charge in [-0.1, -0.05) is 25.1 Å². The Morgan fingerprint density at radius 3 is 2.78 bits per heavy atom. The van der Waals surface area contributed by atoms with E-state index in [1.54, 1.807) is 6.26 Å². The van der Waals surface area contributed by atoms with Gasteiger partial charge in [0.25, 0.3) is 0 Å². The van der Waals surface area contributed by atoms with E-state index in [1.807, 2.05) is 36.4 Å². The third-order valence-corrected chi connectivity index (χ3v) is 2.85. The first kappa shape index (κ1) is 12.4. The van der Waals surface area contributed by atoms with Crippen molar-refractivity contribution in [2.24, 2.45) is 0 Å². The van der Waals surface area contributed by atoms with Crippen LogP contribution in [0.5, 0.6) is 0 Å². The molecule has 0 fully saturated rings. The Hall–Kier alpha value is -2.03. The zero-order valence-electron chi connectivity index (χ0n) is 10.5. The summed E-state index contributed by atoms with van der Waals surface area (Å²) in [4.78, 5) is 11.8. The summed E-state index contributed by atoms with van der Waals surface area (Å²) in [7, 11) is 0. The van der Waals surface area contributed by atoms with Gasteiger partial charge in [-0.25, -0.2) is 0 Å². The van der Waals surface area contributed by atoms with Crippen LogP contribution in [0, 0.1) is 0 Å². The minimum atomic E-state index is 0.0206. The fourth-order valence-electron chi connectivity index (χ4n) is 1.85. The Bertz CT molecular complexity index is 503. The molecular formula is C15H17NO2. The molecular weight excluding hydrogens is 226 g/mol. The molecule has 3 heteroatoms. The second-order valence-electron chi connectivity index (χ2n) is 4.14. The molecule has 94 valence electrons. The first-order chi connectivity index (χ1) is 8.79. The summed E-state index contributed by atoms with van der Waals surface area (Å²) in [5, 5.41) is 2.94. The van der Waals surface area contributed by atoms with Gasteiger partial charge in [-0.05, 0) is 30.2 Å². The summed E-state index contributed by atoms with van der Waals surface area (Å²) in [6.45, 7) is 2.08. The summed E-state index contributed by atoms with van der Waals surface area (Å²) in [5.74, 6) is 0.862. The average molecular weight is 243 g/mol. The van der Waals surface area contributed by atoms with E-state index in [-0.39, 0.29) is 5.91 Å². The molecule has 0 aliphatic heterocycles. The van der Waals surface area contributed by atoms with Crippen molar-refractivity contribution < 1.29 is 9.21 Å². The number of furan rings is 1. The molecule has 2 rings (SSSR count). The van der Waals surface area contributed by atoms with E-state index in [2.05, 4.69) is 12.2 Å². The van der Waals surface area contributed by atoms with Crippen LogP contribution in [0.3, 0.4) is 0 Å². The van der Waals surface area contributed by atoms with Crippen molar-refractivity contribution in [3.63, 3.8) is 0 Å². The number of benzene rings is 1. The standard InChI is InChI=1S/C15H17NO2/c1-2-12-6-3-4-8-14(12)16-15(17)10-9-13-7-5-11-18-13/h3-8,11H,2,9-10H2,1H3,(H,16,17). The Morgan fingerprint density at radius 1 is 1.22 bits per heavy atom. The highest BCUT2D eigenvalue weighted by atomic mass is 16.3. The van der Waals surface area contributed by atoms with Gasteiger partial charge in [0, 0.05) is 18.5 Å². The van der Waals surface area contributed by atoms with E-state index in [4.69, 9.17) is 4.42 Å². The summed E-state index contributed by atoms with van der Waals surface area (Å²) < 4.78 is 5.20. The molecule has 0 radical (unpaired) electrons.